The Hall–Kier alpha value is -3.63. The van der Waals surface area contributed by atoms with Crippen molar-refractivity contribution in [1.29, 1.82) is 5.26 Å². The van der Waals surface area contributed by atoms with Crippen LogP contribution in [0.1, 0.15) is 11.1 Å². The fraction of sp³-hybridized carbons (Fsp3) is 0.0833. The SMILES string of the molecule is N#C/C(=C\c1cccc(OCc2ccccc2)c1)C(=O)Nc1ccc(SC(F)F)cc1. The van der Waals surface area contributed by atoms with E-state index in [4.69, 9.17) is 4.74 Å². The third-order valence-corrected chi connectivity index (χ3v) is 4.84. The van der Waals surface area contributed by atoms with Crippen molar-refractivity contribution in [3.63, 3.8) is 0 Å². The van der Waals surface area contributed by atoms with Crippen LogP contribution in [0, 0.1) is 11.3 Å². The Morgan fingerprint density at radius 2 is 1.81 bits per heavy atom. The number of nitrogens with one attached hydrogen (secondary N) is 1. The van der Waals surface area contributed by atoms with Crippen LogP contribution >= 0.6 is 11.8 Å². The molecule has 156 valence electrons. The average molecular weight is 436 g/mol. The molecular weight excluding hydrogens is 418 g/mol. The molecule has 0 unspecified atom stereocenters. The molecule has 0 aliphatic rings. The first-order chi connectivity index (χ1) is 15.0. The van der Waals surface area contributed by atoms with E-state index < -0.39 is 11.7 Å². The van der Waals surface area contributed by atoms with Gasteiger partial charge in [0.25, 0.3) is 11.7 Å². The number of benzene rings is 3. The predicted molar refractivity (Wildman–Crippen MR) is 118 cm³/mol. The molecule has 0 atom stereocenters. The molecule has 1 N–H and O–H groups in total. The van der Waals surface area contributed by atoms with E-state index in [1.54, 1.807) is 24.3 Å². The van der Waals surface area contributed by atoms with Crippen molar-refractivity contribution in [2.75, 3.05) is 5.32 Å². The van der Waals surface area contributed by atoms with Gasteiger partial charge in [0.05, 0.1) is 0 Å². The maximum atomic E-state index is 12.4. The Morgan fingerprint density at radius 1 is 1.06 bits per heavy atom. The number of rotatable bonds is 8. The van der Waals surface area contributed by atoms with Crippen LogP contribution in [0.3, 0.4) is 0 Å². The second-order valence-electron chi connectivity index (χ2n) is 6.37. The van der Waals surface area contributed by atoms with Crippen LogP contribution in [-0.4, -0.2) is 11.7 Å². The maximum absolute atomic E-state index is 12.4. The summed E-state index contributed by atoms with van der Waals surface area (Å²) < 4.78 is 30.6. The maximum Gasteiger partial charge on any atom is 0.288 e. The Labute approximate surface area is 183 Å². The van der Waals surface area contributed by atoms with E-state index in [1.807, 2.05) is 36.4 Å². The molecule has 0 aliphatic carbocycles. The zero-order valence-corrected chi connectivity index (χ0v) is 17.1. The van der Waals surface area contributed by atoms with E-state index in [2.05, 4.69) is 5.32 Å². The fourth-order valence-electron chi connectivity index (χ4n) is 2.67. The van der Waals surface area contributed by atoms with Crippen LogP contribution in [0.4, 0.5) is 14.5 Å². The molecule has 0 fully saturated rings. The van der Waals surface area contributed by atoms with Gasteiger partial charge in [0.2, 0.25) is 0 Å². The summed E-state index contributed by atoms with van der Waals surface area (Å²) in [6, 6.07) is 24.7. The molecule has 4 nitrogen and oxygen atoms in total. The molecule has 0 saturated heterocycles. The van der Waals surface area contributed by atoms with Gasteiger partial charge in [-0.2, -0.15) is 14.0 Å². The van der Waals surface area contributed by atoms with Crippen molar-refractivity contribution in [1.82, 2.24) is 0 Å². The second kappa shape index (κ2) is 11.0. The van der Waals surface area contributed by atoms with E-state index in [1.165, 1.54) is 30.3 Å². The van der Waals surface area contributed by atoms with E-state index >= 15 is 0 Å². The first kappa shape index (κ1) is 22.1. The monoisotopic (exact) mass is 436 g/mol. The van der Waals surface area contributed by atoms with Crippen LogP contribution < -0.4 is 10.1 Å². The van der Waals surface area contributed by atoms with Crippen LogP contribution in [0.25, 0.3) is 6.08 Å². The summed E-state index contributed by atoms with van der Waals surface area (Å²) in [5.74, 6) is -2.49. The van der Waals surface area contributed by atoms with E-state index in [9.17, 15) is 18.8 Å². The topological polar surface area (TPSA) is 62.1 Å². The third kappa shape index (κ3) is 6.98. The van der Waals surface area contributed by atoms with Gasteiger partial charge in [0.1, 0.15) is 24.0 Å². The van der Waals surface area contributed by atoms with Gasteiger partial charge in [0.15, 0.2) is 0 Å². The minimum Gasteiger partial charge on any atom is -0.489 e. The lowest BCUT2D eigenvalue weighted by atomic mass is 10.1. The van der Waals surface area contributed by atoms with Gasteiger partial charge in [-0.25, -0.2) is 0 Å². The minimum atomic E-state index is -2.51. The number of hydrogen-bond acceptors (Lipinski definition) is 4. The highest BCUT2D eigenvalue weighted by atomic mass is 32.2. The summed E-state index contributed by atoms with van der Waals surface area (Å²) in [5, 5.41) is 12.0. The van der Waals surface area contributed by atoms with E-state index in [0.29, 0.717) is 40.3 Å². The predicted octanol–water partition coefficient (Wildman–Crippen LogP) is 6.13. The van der Waals surface area contributed by atoms with Crippen molar-refractivity contribution >= 4 is 29.4 Å². The molecule has 31 heavy (non-hydrogen) atoms. The summed E-state index contributed by atoms with van der Waals surface area (Å²) in [4.78, 5) is 12.8. The van der Waals surface area contributed by atoms with Crippen LogP contribution in [0.5, 0.6) is 5.75 Å². The van der Waals surface area contributed by atoms with Crippen molar-refractivity contribution < 1.29 is 18.3 Å². The summed E-state index contributed by atoms with van der Waals surface area (Å²) in [5.41, 5.74) is 1.98. The quantitative estimate of drug-likeness (QED) is 0.262. The fourth-order valence-corrected chi connectivity index (χ4v) is 3.17. The van der Waals surface area contributed by atoms with Crippen LogP contribution in [0.15, 0.2) is 89.3 Å². The number of carbonyl (C=O) groups is 1. The number of nitriles is 1. The molecule has 3 rings (SSSR count). The van der Waals surface area contributed by atoms with Crippen molar-refractivity contribution in [3.05, 3.63) is 95.6 Å². The van der Waals surface area contributed by atoms with E-state index in [0.717, 1.165) is 5.56 Å². The molecular formula is C24H18F2N2O2S. The molecule has 0 aliphatic heterocycles. The average Bonchev–Trinajstić information content (AvgIpc) is 2.78. The van der Waals surface area contributed by atoms with Crippen molar-refractivity contribution in [3.8, 4) is 11.8 Å². The first-order valence-electron chi connectivity index (χ1n) is 9.28. The number of thioether (sulfide) groups is 1. The van der Waals surface area contributed by atoms with Gasteiger partial charge in [-0.3, -0.25) is 4.79 Å². The standard InChI is InChI=1S/C24H18F2N2O2S/c25-24(26)31-22-11-9-20(10-12-22)28-23(29)19(15-27)13-18-7-4-8-21(14-18)30-16-17-5-2-1-3-6-17/h1-14,24H,16H2,(H,28,29)/b19-13+. The Kier molecular flexibility index (Phi) is 7.79. The second-order valence-corrected chi connectivity index (χ2v) is 7.44. The van der Waals surface area contributed by atoms with Gasteiger partial charge in [-0.05, 0) is 53.6 Å². The summed E-state index contributed by atoms with van der Waals surface area (Å²) >= 11 is 0.421. The summed E-state index contributed by atoms with van der Waals surface area (Å²) in [6.07, 6.45) is 1.46. The summed E-state index contributed by atoms with van der Waals surface area (Å²) in [7, 11) is 0. The molecule has 3 aromatic rings. The Morgan fingerprint density at radius 3 is 2.48 bits per heavy atom. The highest BCUT2D eigenvalue weighted by Crippen LogP contribution is 2.26. The molecule has 0 radical (unpaired) electrons. The zero-order chi connectivity index (χ0) is 22.1. The minimum absolute atomic E-state index is 0.0914. The van der Waals surface area contributed by atoms with Gasteiger partial charge in [-0.15, -0.1) is 0 Å². The number of alkyl halides is 2. The van der Waals surface area contributed by atoms with Gasteiger partial charge >= 0.3 is 0 Å². The molecule has 0 aromatic heterocycles. The number of nitrogens with zero attached hydrogens (tertiary/aromatic N) is 1. The molecule has 0 spiro atoms. The molecule has 0 heterocycles. The molecule has 7 heteroatoms. The van der Waals surface area contributed by atoms with Crippen molar-refractivity contribution in [2.45, 2.75) is 17.3 Å². The lowest BCUT2D eigenvalue weighted by Gasteiger charge is -2.08. The number of anilines is 1. The molecule has 1 amide bonds. The number of hydrogen-bond donors (Lipinski definition) is 1. The summed E-state index contributed by atoms with van der Waals surface area (Å²) in [6.45, 7) is 0.402. The number of ether oxygens (including phenoxy) is 1. The smallest absolute Gasteiger partial charge is 0.288 e. The number of halogens is 2. The zero-order valence-electron chi connectivity index (χ0n) is 16.3. The number of amides is 1. The Balaban J connectivity index is 1.66. The van der Waals surface area contributed by atoms with Gasteiger partial charge in [-0.1, -0.05) is 54.2 Å². The van der Waals surface area contributed by atoms with E-state index in [-0.39, 0.29) is 5.57 Å². The Bertz CT molecular complexity index is 1090. The lowest BCUT2D eigenvalue weighted by molar-refractivity contribution is -0.112. The van der Waals surface area contributed by atoms with Gasteiger partial charge < -0.3 is 10.1 Å². The van der Waals surface area contributed by atoms with Crippen LogP contribution in [0.2, 0.25) is 0 Å². The number of carbonyl (C=O) groups excluding carboxylic acids is 1. The lowest BCUT2D eigenvalue weighted by Crippen LogP contribution is -2.13. The van der Waals surface area contributed by atoms with Gasteiger partial charge in [0, 0.05) is 10.6 Å². The highest BCUT2D eigenvalue weighted by molar-refractivity contribution is 7.99. The normalized spacial score (nSPS) is 11.1. The third-order valence-electron chi connectivity index (χ3n) is 4.12. The van der Waals surface area contributed by atoms with Crippen molar-refractivity contribution in [2.24, 2.45) is 0 Å². The van der Waals surface area contributed by atoms with Crippen LogP contribution in [-0.2, 0) is 11.4 Å². The molecule has 3 aromatic carbocycles. The highest BCUT2D eigenvalue weighted by Gasteiger charge is 2.11. The largest absolute Gasteiger partial charge is 0.489 e. The molecule has 0 saturated carbocycles. The molecule has 0 bridgehead atoms. The first-order valence-corrected chi connectivity index (χ1v) is 10.2.